The second kappa shape index (κ2) is 8.68. The molecule has 0 radical (unpaired) electrons. The van der Waals surface area contributed by atoms with Crippen LogP contribution in [0, 0.1) is 0 Å². The van der Waals surface area contributed by atoms with Crippen LogP contribution >= 0.6 is 22.9 Å². The highest BCUT2D eigenvalue weighted by Crippen LogP contribution is 2.19. The van der Waals surface area contributed by atoms with Crippen molar-refractivity contribution in [1.29, 1.82) is 0 Å². The number of nitrogens with zero attached hydrogens (tertiary/aromatic N) is 2. The van der Waals surface area contributed by atoms with Gasteiger partial charge in [0.05, 0.1) is 12.1 Å². The van der Waals surface area contributed by atoms with Gasteiger partial charge in [0.1, 0.15) is 6.54 Å². The average Bonchev–Trinajstić information content (AvgIpc) is 3.33. The van der Waals surface area contributed by atoms with Crippen molar-refractivity contribution in [3.05, 3.63) is 92.1 Å². The molecule has 0 spiro atoms. The maximum atomic E-state index is 13.1. The van der Waals surface area contributed by atoms with Gasteiger partial charge in [0.2, 0.25) is 5.91 Å². The third kappa shape index (κ3) is 4.60. The molecule has 0 saturated carbocycles. The summed E-state index contributed by atoms with van der Waals surface area (Å²) in [4.78, 5) is 28.3. The summed E-state index contributed by atoms with van der Waals surface area (Å²) in [6.45, 7) is 1.00. The topological polar surface area (TPSA) is 55.5 Å². The summed E-state index contributed by atoms with van der Waals surface area (Å²) in [5.74, 6) is -0.691. The molecule has 0 aliphatic rings. The largest absolute Gasteiger partial charge is 0.420 e. The smallest absolute Gasteiger partial charge is 0.408 e. The molecule has 0 saturated heterocycles. The monoisotopic (exact) mass is 426 g/mol. The third-order valence-corrected chi connectivity index (χ3v) is 5.81. The molecule has 5 nitrogen and oxygen atoms in total. The molecule has 2 aromatic heterocycles. The predicted octanol–water partition coefficient (Wildman–Crippen LogP) is 4.58. The zero-order valence-corrected chi connectivity index (χ0v) is 17.2. The first-order valence-electron chi connectivity index (χ1n) is 9.23. The summed E-state index contributed by atoms with van der Waals surface area (Å²) in [5, 5.41) is 2.47. The van der Waals surface area contributed by atoms with E-state index >= 15 is 0 Å². The highest BCUT2D eigenvalue weighted by Gasteiger charge is 2.19. The maximum absolute atomic E-state index is 13.1. The van der Waals surface area contributed by atoms with Crippen LogP contribution in [0.1, 0.15) is 10.4 Å². The Morgan fingerprint density at radius 3 is 2.69 bits per heavy atom. The van der Waals surface area contributed by atoms with Crippen LogP contribution in [0.5, 0.6) is 0 Å². The first-order valence-corrected chi connectivity index (χ1v) is 10.5. The minimum Gasteiger partial charge on any atom is -0.408 e. The van der Waals surface area contributed by atoms with E-state index in [9.17, 15) is 9.59 Å². The molecule has 29 heavy (non-hydrogen) atoms. The molecule has 2 heterocycles. The molecule has 0 atom stereocenters. The van der Waals surface area contributed by atoms with E-state index in [2.05, 4.69) is 0 Å². The number of aromatic nitrogens is 1. The second-order valence-corrected chi connectivity index (χ2v) is 8.17. The Bertz CT molecular complexity index is 1170. The highest BCUT2D eigenvalue weighted by molar-refractivity contribution is 7.09. The van der Waals surface area contributed by atoms with E-state index in [4.69, 9.17) is 16.0 Å². The molecular formula is C22H19ClN2O3S. The highest BCUT2D eigenvalue weighted by atomic mass is 35.5. The lowest BCUT2D eigenvalue weighted by Gasteiger charge is -2.22. The minimum atomic E-state index is -0.560. The zero-order chi connectivity index (χ0) is 20.2. The summed E-state index contributed by atoms with van der Waals surface area (Å²) < 4.78 is 6.61. The Balaban J connectivity index is 1.56. The van der Waals surface area contributed by atoms with Gasteiger partial charge in [-0.15, -0.1) is 11.3 Å². The van der Waals surface area contributed by atoms with Crippen LogP contribution in [0.4, 0.5) is 0 Å². The molecule has 1 amide bonds. The number of thiophene rings is 1. The summed E-state index contributed by atoms with van der Waals surface area (Å²) >= 11 is 7.58. The van der Waals surface area contributed by atoms with Crippen LogP contribution in [0.2, 0.25) is 5.02 Å². The number of carbonyl (C=O) groups is 1. The molecule has 4 aromatic rings. The van der Waals surface area contributed by atoms with Crippen LogP contribution in [-0.4, -0.2) is 21.9 Å². The van der Waals surface area contributed by atoms with Gasteiger partial charge in [0, 0.05) is 22.5 Å². The fraction of sp³-hybridized carbons (Fsp3) is 0.182. The second-order valence-electron chi connectivity index (χ2n) is 6.70. The number of rotatable bonds is 7. The lowest BCUT2D eigenvalue weighted by molar-refractivity contribution is -0.132. The van der Waals surface area contributed by atoms with Crippen LogP contribution < -0.4 is 5.76 Å². The van der Waals surface area contributed by atoms with Gasteiger partial charge < -0.3 is 9.32 Å². The number of carbonyl (C=O) groups excluding carboxylic acids is 1. The van der Waals surface area contributed by atoms with Gasteiger partial charge >= 0.3 is 5.76 Å². The molecule has 7 heteroatoms. The van der Waals surface area contributed by atoms with Gasteiger partial charge in [-0.05, 0) is 35.6 Å². The number of fused-ring (bicyclic) bond motifs is 1. The quantitative estimate of drug-likeness (QED) is 0.434. The molecule has 148 valence electrons. The number of benzene rings is 2. The van der Waals surface area contributed by atoms with Crippen molar-refractivity contribution >= 4 is 39.9 Å². The Labute approximate surface area is 176 Å². The lowest BCUT2D eigenvalue weighted by atomic mass is 10.1. The van der Waals surface area contributed by atoms with E-state index in [-0.39, 0.29) is 12.5 Å². The first-order chi connectivity index (χ1) is 14.1. The molecule has 0 aliphatic heterocycles. The molecule has 0 bridgehead atoms. The van der Waals surface area contributed by atoms with E-state index in [0.717, 1.165) is 16.9 Å². The molecule has 0 fully saturated rings. The number of hydrogen-bond donors (Lipinski definition) is 0. The van der Waals surface area contributed by atoms with Crippen LogP contribution in [-0.2, 0) is 24.3 Å². The van der Waals surface area contributed by atoms with Crippen molar-refractivity contribution < 1.29 is 9.21 Å². The van der Waals surface area contributed by atoms with Crippen molar-refractivity contribution in [2.24, 2.45) is 0 Å². The van der Waals surface area contributed by atoms with Gasteiger partial charge in [-0.2, -0.15) is 0 Å². The SMILES string of the molecule is O=C(Cn1c(=O)oc2cc(Cl)ccc21)N(CCc1ccccc1)Cc1cccs1. The van der Waals surface area contributed by atoms with E-state index < -0.39 is 5.76 Å². The van der Waals surface area contributed by atoms with E-state index in [1.165, 1.54) is 4.57 Å². The maximum Gasteiger partial charge on any atom is 0.420 e. The summed E-state index contributed by atoms with van der Waals surface area (Å²) in [7, 11) is 0. The van der Waals surface area contributed by atoms with E-state index in [1.54, 1.807) is 34.4 Å². The Kier molecular flexibility index (Phi) is 5.83. The lowest BCUT2D eigenvalue weighted by Crippen LogP contribution is -2.36. The molecule has 2 aromatic carbocycles. The Morgan fingerprint density at radius 1 is 1.10 bits per heavy atom. The van der Waals surface area contributed by atoms with Gasteiger partial charge in [0.15, 0.2) is 5.58 Å². The number of halogens is 1. The van der Waals surface area contributed by atoms with Crippen molar-refractivity contribution in [3.63, 3.8) is 0 Å². The van der Waals surface area contributed by atoms with Gasteiger partial charge in [-0.1, -0.05) is 48.0 Å². The van der Waals surface area contributed by atoms with Crippen LogP contribution in [0.3, 0.4) is 0 Å². The fourth-order valence-corrected chi connectivity index (χ4v) is 4.10. The third-order valence-electron chi connectivity index (χ3n) is 4.72. The molecule has 0 unspecified atom stereocenters. The Hall–Kier alpha value is -2.83. The van der Waals surface area contributed by atoms with E-state index in [1.807, 2.05) is 47.8 Å². The average molecular weight is 427 g/mol. The summed E-state index contributed by atoms with van der Waals surface area (Å²) in [6, 6.07) is 19.0. The predicted molar refractivity (Wildman–Crippen MR) is 115 cm³/mol. The van der Waals surface area contributed by atoms with Gasteiger partial charge in [0.25, 0.3) is 0 Å². The van der Waals surface area contributed by atoms with Gasteiger partial charge in [-0.25, -0.2) is 4.79 Å². The van der Waals surface area contributed by atoms with E-state index in [0.29, 0.717) is 29.2 Å². The molecular weight excluding hydrogens is 408 g/mol. The zero-order valence-electron chi connectivity index (χ0n) is 15.6. The van der Waals surface area contributed by atoms with Crippen molar-refractivity contribution in [1.82, 2.24) is 9.47 Å². The van der Waals surface area contributed by atoms with Crippen LogP contribution in [0.25, 0.3) is 11.1 Å². The minimum absolute atomic E-state index is 0.0758. The number of hydrogen-bond acceptors (Lipinski definition) is 4. The standard InChI is InChI=1S/C22H19ClN2O3S/c23-17-8-9-19-20(13-17)28-22(27)25(19)15-21(26)24(14-18-7-4-12-29-18)11-10-16-5-2-1-3-6-16/h1-9,12-13H,10-11,14-15H2. The van der Waals surface area contributed by atoms with Crippen molar-refractivity contribution in [2.45, 2.75) is 19.5 Å². The van der Waals surface area contributed by atoms with Gasteiger partial charge in [-0.3, -0.25) is 9.36 Å². The molecule has 0 N–H and O–H groups in total. The Morgan fingerprint density at radius 2 is 1.93 bits per heavy atom. The van der Waals surface area contributed by atoms with Crippen LogP contribution in [0.15, 0.2) is 75.3 Å². The summed E-state index contributed by atoms with van der Waals surface area (Å²) in [6.07, 6.45) is 0.745. The number of amides is 1. The normalized spacial score (nSPS) is 11.1. The first kappa shape index (κ1) is 19.5. The van der Waals surface area contributed by atoms with Crippen molar-refractivity contribution in [2.75, 3.05) is 6.54 Å². The molecule has 4 rings (SSSR count). The number of oxazole rings is 1. The fourth-order valence-electron chi connectivity index (χ4n) is 3.22. The summed E-state index contributed by atoms with van der Waals surface area (Å²) in [5.41, 5.74) is 2.10. The molecule has 0 aliphatic carbocycles. The van der Waals surface area contributed by atoms with Crippen molar-refractivity contribution in [3.8, 4) is 0 Å².